The summed E-state index contributed by atoms with van der Waals surface area (Å²) >= 11 is 0. The van der Waals surface area contributed by atoms with E-state index in [2.05, 4.69) is 4.98 Å². The Labute approximate surface area is 125 Å². The monoisotopic (exact) mass is 287 g/mol. The number of carbonyl (C=O) groups excluding carboxylic acids is 1. The molecule has 0 aromatic carbocycles. The number of hydrogen-bond donors (Lipinski definition) is 0. The molecule has 0 aliphatic carbocycles. The van der Waals surface area contributed by atoms with Gasteiger partial charge in [0.2, 0.25) is 5.91 Å². The molecule has 3 rings (SSSR count). The number of piperidine rings is 1. The SMILES string of the molecule is [CH]N1CCC(C(=O)N2CCOCC2)(c2ccncc2)CC1. The molecule has 5 nitrogen and oxygen atoms in total. The van der Waals surface area contributed by atoms with Crippen LogP contribution in [0.5, 0.6) is 0 Å². The van der Waals surface area contributed by atoms with Crippen LogP contribution in [0.1, 0.15) is 18.4 Å². The Hall–Kier alpha value is -1.46. The first-order valence-corrected chi connectivity index (χ1v) is 7.50. The fraction of sp³-hybridized carbons (Fsp3) is 0.562. The largest absolute Gasteiger partial charge is 0.378 e. The third-order valence-corrected chi connectivity index (χ3v) is 4.59. The van der Waals surface area contributed by atoms with Gasteiger partial charge in [-0.3, -0.25) is 14.7 Å². The average molecular weight is 287 g/mol. The van der Waals surface area contributed by atoms with E-state index in [1.165, 1.54) is 0 Å². The maximum absolute atomic E-state index is 13.2. The summed E-state index contributed by atoms with van der Waals surface area (Å²) in [6.07, 6.45) is 5.03. The maximum atomic E-state index is 13.2. The van der Waals surface area contributed by atoms with E-state index in [9.17, 15) is 4.79 Å². The van der Waals surface area contributed by atoms with Crippen LogP contribution in [-0.2, 0) is 14.9 Å². The number of nitrogens with zero attached hydrogens (tertiary/aromatic N) is 3. The van der Waals surface area contributed by atoms with Crippen molar-refractivity contribution < 1.29 is 9.53 Å². The van der Waals surface area contributed by atoms with Crippen LogP contribution in [0.2, 0.25) is 0 Å². The van der Waals surface area contributed by atoms with Crippen LogP contribution in [0.25, 0.3) is 0 Å². The van der Waals surface area contributed by atoms with Gasteiger partial charge in [0.05, 0.1) is 18.6 Å². The van der Waals surface area contributed by atoms with Crippen molar-refractivity contribution in [2.24, 2.45) is 0 Å². The van der Waals surface area contributed by atoms with E-state index in [1.54, 1.807) is 17.3 Å². The lowest BCUT2D eigenvalue weighted by atomic mass is 9.72. The number of aromatic nitrogens is 1. The van der Waals surface area contributed by atoms with Gasteiger partial charge in [-0.25, -0.2) is 0 Å². The molecule has 0 unspecified atom stereocenters. The molecule has 2 radical (unpaired) electrons. The van der Waals surface area contributed by atoms with Gasteiger partial charge < -0.3 is 9.64 Å². The molecule has 0 N–H and O–H groups in total. The molecule has 1 aromatic rings. The predicted molar refractivity (Wildman–Crippen MR) is 78.4 cm³/mol. The van der Waals surface area contributed by atoms with E-state index >= 15 is 0 Å². The normalized spacial score (nSPS) is 23.0. The highest BCUT2D eigenvalue weighted by Gasteiger charge is 2.44. The molecule has 112 valence electrons. The maximum Gasteiger partial charge on any atom is 0.233 e. The second-order valence-corrected chi connectivity index (χ2v) is 5.76. The van der Waals surface area contributed by atoms with Crippen molar-refractivity contribution in [2.45, 2.75) is 18.3 Å². The summed E-state index contributed by atoms with van der Waals surface area (Å²) in [5.41, 5.74) is 0.595. The first-order valence-electron chi connectivity index (χ1n) is 7.50. The van der Waals surface area contributed by atoms with Crippen molar-refractivity contribution in [3.05, 3.63) is 37.1 Å². The topological polar surface area (TPSA) is 45.7 Å². The van der Waals surface area contributed by atoms with Gasteiger partial charge in [-0.05, 0) is 43.6 Å². The number of amides is 1. The Morgan fingerprint density at radius 3 is 2.38 bits per heavy atom. The van der Waals surface area contributed by atoms with Crippen molar-refractivity contribution in [2.75, 3.05) is 39.4 Å². The Balaban J connectivity index is 1.90. The molecule has 0 spiro atoms. The Morgan fingerprint density at radius 1 is 1.14 bits per heavy atom. The molecule has 2 aliphatic heterocycles. The molecular weight excluding hydrogens is 266 g/mol. The molecule has 1 aromatic heterocycles. The Morgan fingerprint density at radius 2 is 1.76 bits per heavy atom. The smallest absolute Gasteiger partial charge is 0.233 e. The Kier molecular flexibility index (Phi) is 4.22. The minimum atomic E-state index is -0.462. The molecule has 21 heavy (non-hydrogen) atoms. The second kappa shape index (κ2) is 6.12. The lowest BCUT2D eigenvalue weighted by Crippen LogP contribution is -2.54. The fourth-order valence-corrected chi connectivity index (χ4v) is 3.27. The molecule has 5 heteroatoms. The first-order chi connectivity index (χ1) is 10.2. The number of rotatable bonds is 2. The van der Waals surface area contributed by atoms with Crippen LogP contribution in [0.15, 0.2) is 24.5 Å². The third kappa shape index (κ3) is 2.80. The van der Waals surface area contributed by atoms with E-state index in [0.717, 1.165) is 31.5 Å². The predicted octanol–water partition coefficient (Wildman–Crippen LogP) is 0.943. The van der Waals surface area contributed by atoms with Gasteiger partial charge in [0.25, 0.3) is 0 Å². The van der Waals surface area contributed by atoms with E-state index in [1.807, 2.05) is 17.0 Å². The van der Waals surface area contributed by atoms with Crippen LogP contribution in [0.4, 0.5) is 0 Å². The molecule has 1 amide bonds. The van der Waals surface area contributed by atoms with Crippen molar-refractivity contribution in [3.63, 3.8) is 0 Å². The molecule has 2 fully saturated rings. The molecule has 0 atom stereocenters. The lowest BCUT2D eigenvalue weighted by Gasteiger charge is -2.43. The summed E-state index contributed by atoms with van der Waals surface area (Å²) in [7, 11) is 5.89. The Bertz CT molecular complexity index is 478. The summed E-state index contributed by atoms with van der Waals surface area (Å²) in [6, 6.07) is 3.93. The van der Waals surface area contributed by atoms with Gasteiger partial charge in [-0.15, -0.1) is 0 Å². The highest BCUT2D eigenvalue weighted by atomic mass is 16.5. The number of likely N-dealkylation sites (tertiary alicyclic amines) is 1. The number of ether oxygens (including phenoxy) is 1. The summed E-state index contributed by atoms with van der Waals surface area (Å²) in [5, 5.41) is 0. The molecule has 2 saturated heterocycles. The van der Waals surface area contributed by atoms with E-state index < -0.39 is 5.41 Å². The van der Waals surface area contributed by atoms with Crippen molar-refractivity contribution in [3.8, 4) is 0 Å². The molecule has 0 bridgehead atoms. The second-order valence-electron chi connectivity index (χ2n) is 5.76. The first kappa shape index (κ1) is 14.5. The number of carbonyl (C=O) groups is 1. The van der Waals surface area contributed by atoms with Gasteiger partial charge in [0.1, 0.15) is 0 Å². The van der Waals surface area contributed by atoms with Gasteiger partial charge >= 0.3 is 0 Å². The zero-order valence-corrected chi connectivity index (χ0v) is 12.2. The molecule has 2 aliphatic rings. The van der Waals surface area contributed by atoms with Crippen molar-refractivity contribution in [1.82, 2.24) is 14.8 Å². The molecule has 3 heterocycles. The summed E-state index contributed by atoms with van der Waals surface area (Å²) in [6.45, 7) is 4.08. The van der Waals surface area contributed by atoms with Crippen LogP contribution in [-0.4, -0.2) is 60.1 Å². The van der Waals surface area contributed by atoms with E-state index in [-0.39, 0.29) is 5.91 Å². The quantitative estimate of drug-likeness (QED) is 0.812. The van der Waals surface area contributed by atoms with Gasteiger partial charge in [-0.1, -0.05) is 0 Å². The highest BCUT2D eigenvalue weighted by molar-refractivity contribution is 5.88. The summed E-state index contributed by atoms with van der Waals surface area (Å²) in [4.78, 5) is 21.0. The lowest BCUT2D eigenvalue weighted by molar-refractivity contribution is -0.143. The van der Waals surface area contributed by atoms with Crippen LogP contribution >= 0.6 is 0 Å². The number of pyridine rings is 1. The van der Waals surface area contributed by atoms with Crippen LogP contribution < -0.4 is 0 Å². The number of morpholine rings is 1. The minimum absolute atomic E-state index is 0.213. The minimum Gasteiger partial charge on any atom is -0.378 e. The average Bonchev–Trinajstić information content (AvgIpc) is 2.57. The van der Waals surface area contributed by atoms with Crippen molar-refractivity contribution in [1.29, 1.82) is 0 Å². The van der Waals surface area contributed by atoms with E-state index in [4.69, 9.17) is 11.8 Å². The van der Waals surface area contributed by atoms with Gasteiger partial charge in [0.15, 0.2) is 0 Å². The van der Waals surface area contributed by atoms with E-state index in [0.29, 0.717) is 26.3 Å². The highest BCUT2D eigenvalue weighted by Crippen LogP contribution is 2.37. The summed E-state index contributed by atoms with van der Waals surface area (Å²) < 4.78 is 5.36. The summed E-state index contributed by atoms with van der Waals surface area (Å²) in [5.74, 6) is 0.213. The zero-order valence-electron chi connectivity index (χ0n) is 12.2. The van der Waals surface area contributed by atoms with Gasteiger partial charge in [-0.2, -0.15) is 0 Å². The van der Waals surface area contributed by atoms with Crippen molar-refractivity contribution >= 4 is 5.91 Å². The third-order valence-electron chi connectivity index (χ3n) is 4.59. The number of hydrogen-bond acceptors (Lipinski definition) is 4. The zero-order chi connectivity index (χ0) is 14.7. The van der Waals surface area contributed by atoms with Gasteiger partial charge in [0, 0.05) is 32.5 Å². The van der Waals surface area contributed by atoms with Crippen LogP contribution in [0.3, 0.4) is 0 Å². The molecular formula is C16H21N3O2. The van der Waals surface area contributed by atoms with Crippen LogP contribution in [0, 0.1) is 7.05 Å². The standard InChI is InChI=1S/C16H21N3O2/c1-18-8-4-16(5-9-18,14-2-6-17-7-3-14)15(20)19-10-12-21-13-11-19/h1-3,6-7H,4-5,8-13H2. The fourth-order valence-electron chi connectivity index (χ4n) is 3.27. The molecule has 0 saturated carbocycles.